The van der Waals surface area contributed by atoms with Crippen LogP contribution in [0, 0.1) is 0 Å². The molecule has 0 aromatic heterocycles. The first-order valence-corrected chi connectivity index (χ1v) is 7.12. The topological polar surface area (TPSA) is 69.6 Å². The Morgan fingerprint density at radius 2 is 1.86 bits per heavy atom. The summed E-state index contributed by atoms with van der Waals surface area (Å²) in [4.78, 5) is 24.1. The van der Waals surface area contributed by atoms with E-state index >= 15 is 0 Å². The quantitative estimate of drug-likeness (QED) is 0.878. The molecule has 5 nitrogen and oxygen atoms in total. The molecule has 0 aliphatic rings. The van der Waals surface area contributed by atoms with E-state index in [9.17, 15) is 14.7 Å². The molecule has 0 saturated carbocycles. The highest BCUT2D eigenvalue weighted by Gasteiger charge is 2.12. The maximum absolute atomic E-state index is 11.7. The minimum atomic E-state index is -0.781. The lowest BCUT2D eigenvalue weighted by Crippen LogP contribution is -2.38. The Morgan fingerprint density at radius 1 is 1.18 bits per heavy atom. The fraction of sp³-hybridized carbons (Fsp3) is 0.294. The molecule has 0 aliphatic heterocycles. The number of carbonyl (C=O) groups is 2. The highest BCUT2D eigenvalue weighted by Crippen LogP contribution is 2.19. The van der Waals surface area contributed by atoms with Crippen molar-refractivity contribution in [3.63, 3.8) is 0 Å². The van der Waals surface area contributed by atoms with Crippen molar-refractivity contribution in [3.8, 4) is 0 Å². The zero-order valence-corrected chi connectivity index (χ0v) is 12.7. The molecule has 0 spiro atoms. The van der Waals surface area contributed by atoms with E-state index in [4.69, 9.17) is 0 Å². The van der Waals surface area contributed by atoms with E-state index in [1.807, 2.05) is 42.5 Å². The minimum Gasteiger partial charge on any atom is -0.387 e. The number of amides is 2. The van der Waals surface area contributed by atoms with E-state index in [2.05, 4.69) is 5.32 Å². The van der Waals surface area contributed by atoms with Crippen molar-refractivity contribution in [2.45, 2.75) is 13.0 Å². The van der Waals surface area contributed by atoms with Crippen molar-refractivity contribution in [1.82, 2.24) is 10.2 Å². The largest absolute Gasteiger partial charge is 0.387 e. The SMILES string of the molecule is CC(=O)N(C)CC(=O)NCC(O)c1ccc2ccccc2c1. The molecular weight excluding hydrogens is 280 g/mol. The van der Waals surface area contributed by atoms with Crippen LogP contribution in [0.25, 0.3) is 10.8 Å². The average Bonchev–Trinajstić information content (AvgIpc) is 2.52. The normalized spacial score (nSPS) is 12.0. The van der Waals surface area contributed by atoms with Crippen LogP contribution in [0.15, 0.2) is 42.5 Å². The maximum Gasteiger partial charge on any atom is 0.239 e. The molecule has 22 heavy (non-hydrogen) atoms. The van der Waals surface area contributed by atoms with Crippen LogP contribution in [0.4, 0.5) is 0 Å². The van der Waals surface area contributed by atoms with E-state index in [1.165, 1.54) is 11.8 Å². The van der Waals surface area contributed by atoms with Crippen molar-refractivity contribution in [2.75, 3.05) is 20.1 Å². The Kier molecular flexibility index (Phi) is 5.12. The first-order valence-electron chi connectivity index (χ1n) is 7.12. The summed E-state index contributed by atoms with van der Waals surface area (Å²) < 4.78 is 0. The summed E-state index contributed by atoms with van der Waals surface area (Å²) in [5, 5.41) is 15.0. The molecule has 1 unspecified atom stereocenters. The Balaban J connectivity index is 1.94. The number of nitrogens with one attached hydrogen (secondary N) is 1. The molecule has 2 aromatic carbocycles. The van der Waals surface area contributed by atoms with Gasteiger partial charge in [0.05, 0.1) is 12.6 Å². The number of aliphatic hydroxyl groups excluding tert-OH is 1. The fourth-order valence-corrected chi connectivity index (χ4v) is 2.13. The molecule has 116 valence electrons. The third kappa shape index (κ3) is 4.05. The molecular formula is C17H20N2O3. The van der Waals surface area contributed by atoms with Gasteiger partial charge in [0, 0.05) is 20.5 Å². The van der Waals surface area contributed by atoms with Crippen molar-refractivity contribution in [2.24, 2.45) is 0 Å². The van der Waals surface area contributed by atoms with E-state index < -0.39 is 6.10 Å². The van der Waals surface area contributed by atoms with Gasteiger partial charge in [0.15, 0.2) is 0 Å². The second-order valence-corrected chi connectivity index (χ2v) is 5.30. The van der Waals surface area contributed by atoms with Gasteiger partial charge >= 0.3 is 0 Å². The van der Waals surface area contributed by atoms with Gasteiger partial charge in [-0.1, -0.05) is 36.4 Å². The van der Waals surface area contributed by atoms with Crippen LogP contribution in [0.1, 0.15) is 18.6 Å². The highest BCUT2D eigenvalue weighted by molar-refractivity contribution is 5.84. The summed E-state index contributed by atoms with van der Waals surface area (Å²) in [6.45, 7) is 1.50. The summed E-state index contributed by atoms with van der Waals surface area (Å²) in [5.41, 5.74) is 0.749. The Bertz CT molecular complexity index is 684. The number of likely N-dealkylation sites (N-methyl/N-ethyl adjacent to an activating group) is 1. The number of benzene rings is 2. The van der Waals surface area contributed by atoms with Crippen LogP contribution < -0.4 is 5.32 Å². The van der Waals surface area contributed by atoms with Gasteiger partial charge in [-0.3, -0.25) is 9.59 Å². The standard InChI is InChI=1S/C17H20N2O3/c1-12(20)19(2)11-17(22)18-10-16(21)15-8-7-13-5-3-4-6-14(13)9-15/h3-9,16,21H,10-11H2,1-2H3,(H,18,22). The minimum absolute atomic E-state index is 0.0141. The second kappa shape index (κ2) is 7.04. The molecule has 2 N–H and O–H groups in total. The Labute approximate surface area is 129 Å². The molecule has 1 atom stereocenters. The molecule has 2 rings (SSSR count). The summed E-state index contributed by atoms with van der Waals surface area (Å²) in [7, 11) is 1.56. The summed E-state index contributed by atoms with van der Waals surface area (Å²) >= 11 is 0. The third-order valence-corrected chi connectivity index (χ3v) is 3.57. The van der Waals surface area contributed by atoms with Crippen molar-refractivity contribution >= 4 is 22.6 Å². The van der Waals surface area contributed by atoms with Crippen molar-refractivity contribution < 1.29 is 14.7 Å². The van der Waals surface area contributed by atoms with Crippen LogP contribution in [0.3, 0.4) is 0 Å². The summed E-state index contributed by atoms with van der Waals surface area (Å²) in [5.74, 6) is -0.470. The lowest BCUT2D eigenvalue weighted by molar-refractivity contribution is -0.133. The summed E-state index contributed by atoms with van der Waals surface area (Å²) in [6.07, 6.45) is -0.781. The molecule has 0 heterocycles. The van der Waals surface area contributed by atoms with Crippen LogP contribution in [0.5, 0.6) is 0 Å². The lowest BCUT2D eigenvalue weighted by atomic mass is 10.0. The number of hydrogen-bond acceptors (Lipinski definition) is 3. The number of fused-ring (bicyclic) bond motifs is 1. The Hall–Kier alpha value is -2.40. The fourth-order valence-electron chi connectivity index (χ4n) is 2.13. The zero-order valence-electron chi connectivity index (χ0n) is 12.7. The molecule has 0 saturated heterocycles. The monoisotopic (exact) mass is 300 g/mol. The van der Waals surface area contributed by atoms with Gasteiger partial charge in [-0.05, 0) is 22.4 Å². The zero-order chi connectivity index (χ0) is 16.1. The van der Waals surface area contributed by atoms with Crippen LogP contribution >= 0.6 is 0 Å². The van der Waals surface area contributed by atoms with Gasteiger partial charge in [-0.25, -0.2) is 0 Å². The summed E-state index contributed by atoms with van der Waals surface area (Å²) in [6, 6.07) is 13.6. The van der Waals surface area contributed by atoms with E-state index in [0.717, 1.165) is 16.3 Å². The first-order chi connectivity index (χ1) is 10.5. The lowest BCUT2D eigenvalue weighted by Gasteiger charge is -2.16. The predicted octanol–water partition coefficient (Wildman–Crippen LogP) is 1.47. The van der Waals surface area contributed by atoms with Gasteiger partial charge in [0.25, 0.3) is 0 Å². The molecule has 0 bridgehead atoms. The molecule has 0 aliphatic carbocycles. The average molecular weight is 300 g/mol. The molecule has 2 aromatic rings. The number of hydrogen-bond donors (Lipinski definition) is 2. The van der Waals surface area contributed by atoms with E-state index in [-0.39, 0.29) is 24.9 Å². The van der Waals surface area contributed by atoms with Gasteiger partial charge in [-0.2, -0.15) is 0 Å². The molecule has 0 fully saturated rings. The first kappa shape index (κ1) is 16.0. The smallest absolute Gasteiger partial charge is 0.239 e. The van der Waals surface area contributed by atoms with Gasteiger partial charge in [-0.15, -0.1) is 0 Å². The van der Waals surface area contributed by atoms with Crippen LogP contribution in [0.2, 0.25) is 0 Å². The third-order valence-electron chi connectivity index (χ3n) is 3.57. The van der Waals surface area contributed by atoms with E-state index in [0.29, 0.717) is 0 Å². The van der Waals surface area contributed by atoms with Crippen molar-refractivity contribution in [1.29, 1.82) is 0 Å². The maximum atomic E-state index is 11.7. The van der Waals surface area contributed by atoms with Crippen molar-refractivity contribution in [3.05, 3.63) is 48.0 Å². The second-order valence-electron chi connectivity index (χ2n) is 5.30. The predicted molar refractivity (Wildman–Crippen MR) is 85.2 cm³/mol. The molecule has 2 amide bonds. The van der Waals surface area contributed by atoms with Crippen LogP contribution in [-0.4, -0.2) is 42.0 Å². The molecule has 0 radical (unpaired) electrons. The number of aliphatic hydroxyl groups is 1. The van der Waals surface area contributed by atoms with Gasteiger partial charge in [0.1, 0.15) is 0 Å². The Morgan fingerprint density at radius 3 is 2.55 bits per heavy atom. The highest BCUT2D eigenvalue weighted by atomic mass is 16.3. The van der Waals surface area contributed by atoms with Gasteiger partial charge in [0.2, 0.25) is 11.8 Å². The number of rotatable bonds is 5. The van der Waals surface area contributed by atoms with Gasteiger partial charge < -0.3 is 15.3 Å². The van der Waals surface area contributed by atoms with E-state index in [1.54, 1.807) is 7.05 Å². The number of nitrogens with zero attached hydrogens (tertiary/aromatic N) is 1. The van der Waals surface area contributed by atoms with Crippen LogP contribution in [-0.2, 0) is 9.59 Å². The number of carbonyl (C=O) groups excluding carboxylic acids is 2. The molecule has 5 heteroatoms.